The molecule has 1 fully saturated rings. The second kappa shape index (κ2) is 4.94. The molecule has 1 saturated heterocycles. The second-order valence-electron chi connectivity index (χ2n) is 4.26. The highest BCUT2D eigenvalue weighted by atomic mass is 16.2. The lowest BCUT2D eigenvalue weighted by Gasteiger charge is -2.29. The van der Waals surface area contributed by atoms with Crippen molar-refractivity contribution in [2.24, 2.45) is 5.92 Å². The SMILES string of the molecule is CC1CCN(C(=O)C(=O)Nc2ncn[nH]2)CC1. The van der Waals surface area contributed by atoms with E-state index in [0.717, 1.165) is 12.8 Å². The minimum absolute atomic E-state index is 0.189. The van der Waals surface area contributed by atoms with Gasteiger partial charge in [-0.3, -0.25) is 14.9 Å². The van der Waals surface area contributed by atoms with Gasteiger partial charge in [-0.1, -0.05) is 6.92 Å². The van der Waals surface area contributed by atoms with Gasteiger partial charge in [0, 0.05) is 13.1 Å². The minimum atomic E-state index is -0.670. The number of aromatic amines is 1. The van der Waals surface area contributed by atoms with Crippen LogP contribution in [0.15, 0.2) is 6.33 Å². The molecule has 1 aromatic heterocycles. The number of hydrogen-bond donors (Lipinski definition) is 2. The first kappa shape index (κ1) is 11.6. The van der Waals surface area contributed by atoms with Crippen LogP contribution in [-0.2, 0) is 9.59 Å². The molecule has 0 spiro atoms. The van der Waals surface area contributed by atoms with Gasteiger partial charge in [-0.25, -0.2) is 5.10 Å². The summed E-state index contributed by atoms with van der Waals surface area (Å²) in [5.74, 6) is -0.366. The number of amides is 2. The second-order valence-corrected chi connectivity index (χ2v) is 4.26. The predicted molar refractivity (Wildman–Crippen MR) is 60.0 cm³/mol. The quantitative estimate of drug-likeness (QED) is 0.673. The Bertz CT molecular complexity index is 395. The zero-order valence-corrected chi connectivity index (χ0v) is 9.64. The molecule has 7 heteroatoms. The van der Waals surface area contributed by atoms with E-state index in [1.165, 1.54) is 6.33 Å². The molecule has 0 radical (unpaired) electrons. The maximum Gasteiger partial charge on any atom is 0.316 e. The Balaban J connectivity index is 1.89. The van der Waals surface area contributed by atoms with Crippen molar-refractivity contribution in [2.45, 2.75) is 19.8 Å². The highest BCUT2D eigenvalue weighted by molar-refractivity contribution is 6.39. The van der Waals surface area contributed by atoms with Crippen LogP contribution in [0, 0.1) is 5.92 Å². The summed E-state index contributed by atoms with van der Waals surface area (Å²) in [6.45, 7) is 3.43. The number of rotatable bonds is 1. The van der Waals surface area contributed by atoms with Crippen LogP contribution in [0.5, 0.6) is 0 Å². The van der Waals surface area contributed by atoms with E-state index < -0.39 is 11.8 Å². The molecule has 7 nitrogen and oxygen atoms in total. The third kappa shape index (κ3) is 2.80. The van der Waals surface area contributed by atoms with Crippen molar-refractivity contribution in [2.75, 3.05) is 18.4 Å². The summed E-state index contributed by atoms with van der Waals surface area (Å²) >= 11 is 0. The molecular formula is C10H15N5O2. The molecule has 17 heavy (non-hydrogen) atoms. The van der Waals surface area contributed by atoms with Crippen LogP contribution in [0.25, 0.3) is 0 Å². The molecule has 0 aliphatic carbocycles. The number of H-pyrrole nitrogens is 1. The van der Waals surface area contributed by atoms with E-state index >= 15 is 0 Å². The summed E-state index contributed by atoms with van der Waals surface area (Å²) < 4.78 is 0. The van der Waals surface area contributed by atoms with Gasteiger partial charge in [0.15, 0.2) is 0 Å². The molecule has 1 aliphatic heterocycles. The third-order valence-electron chi connectivity index (χ3n) is 2.91. The summed E-state index contributed by atoms with van der Waals surface area (Å²) in [4.78, 5) is 28.7. The van der Waals surface area contributed by atoms with E-state index in [1.54, 1.807) is 4.90 Å². The van der Waals surface area contributed by atoms with Crippen molar-refractivity contribution < 1.29 is 9.59 Å². The first-order valence-corrected chi connectivity index (χ1v) is 5.62. The number of hydrogen-bond acceptors (Lipinski definition) is 4. The van der Waals surface area contributed by atoms with Crippen molar-refractivity contribution in [3.8, 4) is 0 Å². The lowest BCUT2D eigenvalue weighted by Crippen LogP contribution is -2.44. The fourth-order valence-corrected chi connectivity index (χ4v) is 1.78. The highest BCUT2D eigenvalue weighted by Crippen LogP contribution is 2.16. The summed E-state index contributed by atoms with van der Waals surface area (Å²) in [7, 11) is 0. The molecule has 0 saturated carbocycles. The Hall–Kier alpha value is -1.92. The van der Waals surface area contributed by atoms with Crippen LogP contribution in [0.3, 0.4) is 0 Å². The molecule has 0 bridgehead atoms. The number of carbonyl (C=O) groups excluding carboxylic acids is 2. The summed E-state index contributed by atoms with van der Waals surface area (Å²) in [6, 6.07) is 0. The number of anilines is 1. The van der Waals surface area contributed by atoms with E-state index in [4.69, 9.17) is 0 Å². The fourth-order valence-electron chi connectivity index (χ4n) is 1.78. The van der Waals surface area contributed by atoms with Gasteiger partial charge in [-0.05, 0) is 18.8 Å². The first-order chi connectivity index (χ1) is 8.16. The number of carbonyl (C=O) groups is 2. The zero-order chi connectivity index (χ0) is 12.3. The molecule has 92 valence electrons. The molecule has 1 aliphatic rings. The van der Waals surface area contributed by atoms with Crippen LogP contribution >= 0.6 is 0 Å². The summed E-state index contributed by atoms with van der Waals surface area (Å²) in [6.07, 6.45) is 3.16. The third-order valence-corrected chi connectivity index (χ3v) is 2.91. The number of aromatic nitrogens is 3. The standard InChI is InChI=1S/C10H15N5O2/c1-7-2-4-15(5-3-7)9(17)8(16)13-10-11-6-12-14-10/h6-7H,2-5H2,1H3,(H2,11,12,13,14,16). The van der Waals surface area contributed by atoms with Crippen LogP contribution in [0.1, 0.15) is 19.8 Å². The van der Waals surface area contributed by atoms with Crippen molar-refractivity contribution in [1.29, 1.82) is 0 Å². The predicted octanol–water partition coefficient (Wildman–Crippen LogP) is 0.00170. The monoisotopic (exact) mass is 237 g/mol. The summed E-state index contributed by atoms with van der Waals surface area (Å²) in [5.41, 5.74) is 0. The van der Waals surface area contributed by atoms with Crippen molar-refractivity contribution in [1.82, 2.24) is 20.1 Å². The highest BCUT2D eigenvalue weighted by Gasteiger charge is 2.25. The molecule has 2 rings (SSSR count). The molecule has 0 atom stereocenters. The van der Waals surface area contributed by atoms with Gasteiger partial charge < -0.3 is 4.90 Å². The minimum Gasteiger partial charge on any atom is -0.334 e. The Morgan fingerprint density at radius 3 is 2.76 bits per heavy atom. The zero-order valence-electron chi connectivity index (χ0n) is 9.64. The number of nitrogens with one attached hydrogen (secondary N) is 2. The molecule has 0 unspecified atom stereocenters. The van der Waals surface area contributed by atoms with Crippen molar-refractivity contribution in [3.63, 3.8) is 0 Å². The van der Waals surface area contributed by atoms with Gasteiger partial charge in [0.25, 0.3) is 0 Å². The van der Waals surface area contributed by atoms with E-state index in [-0.39, 0.29) is 5.95 Å². The Morgan fingerprint density at radius 1 is 1.47 bits per heavy atom. The van der Waals surface area contributed by atoms with Gasteiger partial charge in [0.1, 0.15) is 6.33 Å². The lowest BCUT2D eigenvalue weighted by molar-refractivity contribution is -0.144. The fraction of sp³-hybridized carbons (Fsp3) is 0.600. The average molecular weight is 237 g/mol. The topological polar surface area (TPSA) is 91.0 Å². The van der Waals surface area contributed by atoms with Crippen LogP contribution in [-0.4, -0.2) is 45.0 Å². The van der Waals surface area contributed by atoms with E-state index in [0.29, 0.717) is 19.0 Å². The van der Waals surface area contributed by atoms with Gasteiger partial charge in [-0.15, -0.1) is 0 Å². The molecular weight excluding hydrogens is 222 g/mol. The maximum atomic E-state index is 11.8. The molecule has 0 aromatic carbocycles. The van der Waals surface area contributed by atoms with Gasteiger partial charge in [-0.2, -0.15) is 10.1 Å². The van der Waals surface area contributed by atoms with Crippen molar-refractivity contribution >= 4 is 17.8 Å². The molecule has 1 aromatic rings. The van der Waals surface area contributed by atoms with Crippen molar-refractivity contribution in [3.05, 3.63) is 6.33 Å². The van der Waals surface area contributed by atoms with Crippen LogP contribution in [0.2, 0.25) is 0 Å². The lowest BCUT2D eigenvalue weighted by atomic mass is 9.99. The number of piperidine rings is 1. The van der Waals surface area contributed by atoms with E-state index in [1.807, 2.05) is 0 Å². The van der Waals surface area contributed by atoms with Crippen LogP contribution in [0.4, 0.5) is 5.95 Å². The van der Waals surface area contributed by atoms with Crippen LogP contribution < -0.4 is 5.32 Å². The van der Waals surface area contributed by atoms with Gasteiger partial charge in [0.05, 0.1) is 0 Å². The van der Waals surface area contributed by atoms with Gasteiger partial charge in [0.2, 0.25) is 5.95 Å². The molecule has 2 N–H and O–H groups in total. The Morgan fingerprint density at radius 2 is 2.18 bits per heavy atom. The number of nitrogens with zero attached hydrogens (tertiary/aromatic N) is 3. The Labute approximate surface area is 98.6 Å². The van der Waals surface area contributed by atoms with E-state index in [9.17, 15) is 9.59 Å². The molecule has 2 amide bonds. The molecule has 2 heterocycles. The number of likely N-dealkylation sites (tertiary alicyclic amines) is 1. The van der Waals surface area contributed by atoms with E-state index in [2.05, 4.69) is 27.4 Å². The smallest absolute Gasteiger partial charge is 0.316 e. The largest absolute Gasteiger partial charge is 0.334 e. The van der Waals surface area contributed by atoms with Gasteiger partial charge >= 0.3 is 11.8 Å². The normalized spacial score (nSPS) is 16.9. The maximum absolute atomic E-state index is 11.8. The Kier molecular flexibility index (Phi) is 3.36. The first-order valence-electron chi connectivity index (χ1n) is 5.62. The summed E-state index contributed by atoms with van der Waals surface area (Å²) in [5, 5.41) is 8.42. The average Bonchev–Trinajstić information content (AvgIpc) is 2.82.